The van der Waals surface area contributed by atoms with E-state index in [0.717, 1.165) is 0 Å². The average molecular weight is 282 g/mol. The summed E-state index contributed by atoms with van der Waals surface area (Å²) in [5, 5.41) is 5.33. The van der Waals surface area contributed by atoms with Crippen molar-refractivity contribution in [3.05, 3.63) is 35.5 Å². The van der Waals surface area contributed by atoms with E-state index < -0.39 is 0 Å². The summed E-state index contributed by atoms with van der Waals surface area (Å²) in [6.07, 6.45) is 8.45. The number of nitrogens with one attached hydrogen (secondary N) is 2. The second-order valence-corrected chi connectivity index (χ2v) is 6.89. The zero-order valence-corrected chi connectivity index (χ0v) is 12.3. The van der Waals surface area contributed by atoms with Crippen molar-refractivity contribution in [1.82, 2.24) is 10.3 Å². The van der Waals surface area contributed by atoms with Crippen molar-refractivity contribution in [2.75, 3.05) is 0 Å². The van der Waals surface area contributed by atoms with Gasteiger partial charge in [-0.2, -0.15) is 0 Å². The zero-order chi connectivity index (χ0) is 13.8. The van der Waals surface area contributed by atoms with Gasteiger partial charge in [-0.05, 0) is 50.2 Å². The van der Waals surface area contributed by atoms with Crippen LogP contribution in [0.15, 0.2) is 24.3 Å². The number of fused-ring (bicyclic) bond motifs is 5. The Morgan fingerprint density at radius 1 is 1.14 bits per heavy atom. The standard InChI is InChI=1S/C18H22N2O/c1-2-6-14-12(4-1)13-5-3-7-15(18(13)20-14)19-16-10-11-8-9-17(16)21-11/h1-2,4,6,11,15-17,19-20H,3,5,7-10H2/t11-,15?,16-,17+/m1/s1. The van der Waals surface area contributed by atoms with E-state index in [2.05, 4.69) is 34.6 Å². The highest BCUT2D eigenvalue weighted by Crippen LogP contribution is 2.39. The van der Waals surface area contributed by atoms with E-state index in [1.165, 1.54) is 55.1 Å². The Bertz CT molecular complexity index is 677. The fourth-order valence-electron chi connectivity index (χ4n) is 4.65. The molecular formula is C18H22N2O. The highest BCUT2D eigenvalue weighted by Gasteiger charge is 2.42. The molecule has 2 N–H and O–H groups in total. The van der Waals surface area contributed by atoms with Crippen LogP contribution in [0.25, 0.3) is 10.9 Å². The van der Waals surface area contributed by atoms with Crippen LogP contribution >= 0.6 is 0 Å². The quantitative estimate of drug-likeness (QED) is 0.885. The summed E-state index contributed by atoms with van der Waals surface area (Å²) >= 11 is 0. The molecule has 2 aromatic rings. The minimum Gasteiger partial charge on any atom is -0.373 e. The van der Waals surface area contributed by atoms with Gasteiger partial charge in [0.05, 0.1) is 12.2 Å². The fraction of sp³-hybridized carbons (Fsp3) is 0.556. The van der Waals surface area contributed by atoms with Crippen LogP contribution in [0.2, 0.25) is 0 Å². The number of hydrogen-bond acceptors (Lipinski definition) is 2. The molecule has 0 amide bonds. The van der Waals surface area contributed by atoms with Crippen LogP contribution in [0.4, 0.5) is 0 Å². The maximum atomic E-state index is 6.00. The van der Waals surface area contributed by atoms with Crippen molar-refractivity contribution >= 4 is 10.9 Å². The normalized spacial score (nSPS) is 34.5. The first-order valence-electron chi connectivity index (χ1n) is 8.39. The predicted molar refractivity (Wildman–Crippen MR) is 83.4 cm³/mol. The molecule has 110 valence electrons. The lowest BCUT2D eigenvalue weighted by atomic mass is 9.89. The molecule has 2 fully saturated rings. The molecule has 1 aromatic carbocycles. The van der Waals surface area contributed by atoms with Crippen LogP contribution in [0, 0.1) is 0 Å². The Balaban J connectivity index is 1.47. The minimum absolute atomic E-state index is 0.463. The molecule has 21 heavy (non-hydrogen) atoms. The summed E-state index contributed by atoms with van der Waals surface area (Å²) in [7, 11) is 0. The largest absolute Gasteiger partial charge is 0.373 e. The van der Waals surface area contributed by atoms with Crippen molar-refractivity contribution in [2.45, 2.75) is 62.8 Å². The molecule has 3 nitrogen and oxygen atoms in total. The predicted octanol–water partition coefficient (Wildman–Crippen LogP) is 3.45. The molecule has 3 aliphatic rings. The van der Waals surface area contributed by atoms with Crippen LogP contribution in [0.1, 0.15) is 49.4 Å². The van der Waals surface area contributed by atoms with Crippen molar-refractivity contribution in [1.29, 1.82) is 0 Å². The smallest absolute Gasteiger partial charge is 0.0733 e. The lowest BCUT2D eigenvalue weighted by Crippen LogP contribution is -2.40. The third-order valence-corrected chi connectivity index (χ3v) is 5.64. The molecule has 2 aliphatic heterocycles. The summed E-state index contributed by atoms with van der Waals surface area (Å²) in [6, 6.07) is 9.77. The third-order valence-electron chi connectivity index (χ3n) is 5.64. The lowest BCUT2D eigenvalue weighted by molar-refractivity contribution is 0.0955. The number of para-hydroxylation sites is 1. The van der Waals surface area contributed by atoms with Gasteiger partial charge in [0.15, 0.2) is 0 Å². The molecule has 2 bridgehead atoms. The molecule has 0 spiro atoms. The second-order valence-electron chi connectivity index (χ2n) is 6.89. The topological polar surface area (TPSA) is 37.0 Å². The molecule has 3 heterocycles. The number of rotatable bonds is 2. The number of H-pyrrole nitrogens is 1. The van der Waals surface area contributed by atoms with Gasteiger partial charge >= 0.3 is 0 Å². The van der Waals surface area contributed by atoms with Gasteiger partial charge in [-0.15, -0.1) is 0 Å². The monoisotopic (exact) mass is 282 g/mol. The minimum atomic E-state index is 0.463. The number of benzene rings is 1. The van der Waals surface area contributed by atoms with E-state index in [-0.39, 0.29) is 0 Å². The maximum Gasteiger partial charge on any atom is 0.0733 e. The van der Waals surface area contributed by atoms with E-state index in [1.807, 2.05) is 0 Å². The van der Waals surface area contributed by atoms with Crippen LogP contribution in [-0.2, 0) is 11.2 Å². The van der Waals surface area contributed by atoms with Gasteiger partial charge in [0.25, 0.3) is 0 Å². The van der Waals surface area contributed by atoms with Crippen molar-refractivity contribution < 1.29 is 4.74 Å². The molecule has 1 aromatic heterocycles. The summed E-state index contributed by atoms with van der Waals surface area (Å²) in [5.74, 6) is 0. The molecule has 0 radical (unpaired) electrons. The molecule has 0 saturated carbocycles. The van der Waals surface area contributed by atoms with E-state index >= 15 is 0 Å². The number of aromatic amines is 1. The van der Waals surface area contributed by atoms with Crippen molar-refractivity contribution in [3.63, 3.8) is 0 Å². The maximum absolute atomic E-state index is 6.00. The SMILES string of the molecule is c1ccc2c3c([nH]c2c1)C(N[C@@H]1C[C@H]2CC[C@@H]1O2)CCC3. The van der Waals surface area contributed by atoms with Gasteiger partial charge in [0.2, 0.25) is 0 Å². The van der Waals surface area contributed by atoms with E-state index in [9.17, 15) is 0 Å². The van der Waals surface area contributed by atoms with Crippen molar-refractivity contribution in [3.8, 4) is 0 Å². The first kappa shape index (κ1) is 12.2. The van der Waals surface area contributed by atoms with E-state index in [1.54, 1.807) is 5.56 Å². The summed E-state index contributed by atoms with van der Waals surface area (Å²) in [5.41, 5.74) is 4.27. The first-order chi connectivity index (χ1) is 10.4. The van der Waals surface area contributed by atoms with Crippen LogP contribution in [0.5, 0.6) is 0 Å². The average Bonchev–Trinajstić information content (AvgIpc) is 3.20. The Morgan fingerprint density at radius 3 is 2.95 bits per heavy atom. The van der Waals surface area contributed by atoms with Gasteiger partial charge in [-0.25, -0.2) is 0 Å². The molecular weight excluding hydrogens is 260 g/mol. The highest BCUT2D eigenvalue weighted by atomic mass is 16.5. The number of ether oxygens (including phenoxy) is 1. The van der Waals surface area contributed by atoms with E-state index in [0.29, 0.717) is 24.3 Å². The molecule has 4 atom stereocenters. The number of hydrogen-bond donors (Lipinski definition) is 2. The number of aromatic nitrogens is 1. The Labute approximate surface area is 125 Å². The molecule has 2 saturated heterocycles. The molecule has 5 rings (SSSR count). The van der Waals surface area contributed by atoms with Gasteiger partial charge in [0, 0.05) is 28.7 Å². The molecule has 3 heteroatoms. The Morgan fingerprint density at radius 2 is 2.10 bits per heavy atom. The van der Waals surface area contributed by atoms with Gasteiger partial charge < -0.3 is 15.0 Å². The third kappa shape index (κ3) is 1.87. The lowest BCUT2D eigenvalue weighted by Gasteiger charge is -2.29. The van der Waals surface area contributed by atoms with Gasteiger partial charge in [-0.1, -0.05) is 18.2 Å². The molecule has 1 aliphatic carbocycles. The second kappa shape index (κ2) is 4.59. The summed E-state index contributed by atoms with van der Waals surface area (Å²) < 4.78 is 6.00. The highest BCUT2D eigenvalue weighted by molar-refractivity contribution is 5.85. The summed E-state index contributed by atoms with van der Waals surface area (Å²) in [4.78, 5) is 3.68. The zero-order valence-electron chi connectivity index (χ0n) is 12.3. The number of aryl methyl sites for hydroxylation is 1. The summed E-state index contributed by atoms with van der Waals surface area (Å²) in [6.45, 7) is 0. The Hall–Kier alpha value is -1.32. The van der Waals surface area contributed by atoms with Crippen molar-refractivity contribution in [2.24, 2.45) is 0 Å². The fourth-order valence-corrected chi connectivity index (χ4v) is 4.65. The first-order valence-corrected chi connectivity index (χ1v) is 8.39. The van der Waals surface area contributed by atoms with Crippen LogP contribution in [-0.4, -0.2) is 23.2 Å². The van der Waals surface area contributed by atoms with Gasteiger partial charge in [0.1, 0.15) is 0 Å². The molecule has 1 unspecified atom stereocenters. The Kier molecular flexibility index (Phi) is 2.67. The van der Waals surface area contributed by atoms with Crippen LogP contribution < -0.4 is 5.32 Å². The van der Waals surface area contributed by atoms with E-state index in [4.69, 9.17) is 4.74 Å². The van der Waals surface area contributed by atoms with Crippen LogP contribution in [0.3, 0.4) is 0 Å². The van der Waals surface area contributed by atoms with Gasteiger partial charge in [-0.3, -0.25) is 0 Å².